The zero-order chi connectivity index (χ0) is 18.5. The summed E-state index contributed by atoms with van der Waals surface area (Å²) in [5.41, 5.74) is 6.02. The van der Waals surface area contributed by atoms with Crippen LogP contribution in [-0.2, 0) is 6.18 Å². The Bertz CT molecular complexity index is 838. The molecular formula is C18H20ClF3N4O. The maximum Gasteiger partial charge on any atom is 0.435 e. The number of benzene rings is 1. The van der Waals surface area contributed by atoms with E-state index in [1.165, 1.54) is 6.20 Å². The number of alkyl halides is 3. The van der Waals surface area contributed by atoms with Crippen LogP contribution >= 0.6 is 12.4 Å². The number of amides is 1. The standard InChI is InChI=1S/C18H19F3N4O.ClH/c19-18(20,21)16-6-7-25(23-16)13-3-1-2-11(8-13)17(26)24-9-12-4-5-15(22)14(12)10-24;/h1-3,6-8,12,14-15H,4-5,9-10,22H2;1H. The fourth-order valence-electron chi connectivity index (χ4n) is 4.06. The van der Waals surface area contributed by atoms with Crippen LogP contribution in [0.2, 0.25) is 0 Å². The van der Waals surface area contributed by atoms with Crippen LogP contribution < -0.4 is 5.73 Å². The normalized spacial score (nSPS) is 24.6. The Morgan fingerprint density at radius 1 is 1.19 bits per heavy atom. The fraction of sp³-hybridized carbons (Fsp3) is 0.444. The third-order valence-corrected chi connectivity index (χ3v) is 5.44. The van der Waals surface area contributed by atoms with Crippen molar-refractivity contribution in [1.29, 1.82) is 0 Å². The number of halogens is 4. The van der Waals surface area contributed by atoms with Crippen molar-refractivity contribution in [3.8, 4) is 5.69 Å². The quantitative estimate of drug-likeness (QED) is 0.842. The van der Waals surface area contributed by atoms with Gasteiger partial charge in [-0.2, -0.15) is 18.3 Å². The van der Waals surface area contributed by atoms with Gasteiger partial charge in [0, 0.05) is 30.9 Å². The molecule has 5 nitrogen and oxygen atoms in total. The lowest BCUT2D eigenvalue weighted by molar-refractivity contribution is -0.141. The first-order chi connectivity index (χ1) is 12.3. The number of hydrogen-bond donors (Lipinski definition) is 1. The van der Waals surface area contributed by atoms with Crippen LogP contribution in [0.15, 0.2) is 36.5 Å². The number of likely N-dealkylation sites (tertiary alicyclic amines) is 1. The lowest BCUT2D eigenvalue weighted by atomic mass is 9.98. The van der Waals surface area contributed by atoms with Gasteiger partial charge in [0.15, 0.2) is 5.69 Å². The van der Waals surface area contributed by atoms with Gasteiger partial charge in [-0.25, -0.2) is 4.68 Å². The van der Waals surface area contributed by atoms with Crippen LogP contribution in [0.3, 0.4) is 0 Å². The van der Waals surface area contributed by atoms with E-state index in [0.29, 0.717) is 36.2 Å². The Balaban J connectivity index is 0.00000210. The number of nitrogens with two attached hydrogens (primary N) is 1. The molecule has 0 radical (unpaired) electrons. The average Bonchev–Trinajstić information content (AvgIpc) is 3.31. The highest BCUT2D eigenvalue weighted by Gasteiger charge is 2.42. The number of carbonyl (C=O) groups excluding carboxylic acids is 1. The first kappa shape index (κ1) is 19.7. The maximum atomic E-state index is 12.8. The first-order valence-corrected chi connectivity index (χ1v) is 8.61. The van der Waals surface area contributed by atoms with Crippen molar-refractivity contribution >= 4 is 18.3 Å². The molecule has 1 amide bonds. The van der Waals surface area contributed by atoms with Crippen molar-refractivity contribution in [2.24, 2.45) is 17.6 Å². The second-order valence-electron chi connectivity index (χ2n) is 7.07. The monoisotopic (exact) mass is 400 g/mol. The second-order valence-corrected chi connectivity index (χ2v) is 7.07. The minimum absolute atomic E-state index is 0. The minimum Gasteiger partial charge on any atom is -0.338 e. The molecule has 4 rings (SSSR count). The van der Waals surface area contributed by atoms with Crippen molar-refractivity contribution in [3.05, 3.63) is 47.8 Å². The molecular weight excluding hydrogens is 381 g/mol. The van der Waals surface area contributed by atoms with E-state index in [4.69, 9.17) is 5.73 Å². The fourth-order valence-corrected chi connectivity index (χ4v) is 4.06. The van der Waals surface area contributed by atoms with E-state index in [0.717, 1.165) is 23.6 Å². The van der Waals surface area contributed by atoms with E-state index in [2.05, 4.69) is 5.10 Å². The number of rotatable bonds is 2. The van der Waals surface area contributed by atoms with E-state index in [9.17, 15) is 18.0 Å². The topological polar surface area (TPSA) is 64.2 Å². The molecule has 2 heterocycles. The molecule has 3 atom stereocenters. The number of carbonyl (C=O) groups is 1. The van der Waals surface area contributed by atoms with E-state index in [1.807, 2.05) is 0 Å². The second kappa shape index (κ2) is 7.16. The first-order valence-electron chi connectivity index (χ1n) is 8.61. The molecule has 9 heteroatoms. The van der Waals surface area contributed by atoms with Gasteiger partial charge in [0.1, 0.15) is 0 Å². The highest BCUT2D eigenvalue weighted by Crippen LogP contribution is 2.37. The van der Waals surface area contributed by atoms with Gasteiger partial charge in [0.2, 0.25) is 0 Å². The largest absolute Gasteiger partial charge is 0.435 e. The molecule has 2 N–H and O–H groups in total. The van der Waals surface area contributed by atoms with Crippen LogP contribution in [0.4, 0.5) is 13.2 Å². The van der Waals surface area contributed by atoms with Gasteiger partial charge in [-0.15, -0.1) is 12.4 Å². The zero-order valence-electron chi connectivity index (χ0n) is 14.4. The molecule has 1 aromatic heterocycles. The van der Waals surface area contributed by atoms with Crippen molar-refractivity contribution in [3.63, 3.8) is 0 Å². The zero-order valence-corrected chi connectivity index (χ0v) is 15.2. The van der Waals surface area contributed by atoms with Gasteiger partial charge in [0.25, 0.3) is 5.91 Å². The highest BCUT2D eigenvalue weighted by atomic mass is 35.5. The SMILES string of the molecule is Cl.NC1CCC2CN(C(=O)c3cccc(-n4ccc(C(F)(F)F)n4)c3)CC12. The molecule has 0 bridgehead atoms. The summed E-state index contributed by atoms with van der Waals surface area (Å²) in [6.45, 7) is 1.34. The molecule has 2 aromatic rings. The number of nitrogens with zero attached hydrogens (tertiary/aromatic N) is 3. The molecule has 1 saturated carbocycles. The van der Waals surface area contributed by atoms with Crippen LogP contribution in [0, 0.1) is 11.8 Å². The van der Waals surface area contributed by atoms with Gasteiger partial charge < -0.3 is 10.6 Å². The summed E-state index contributed by atoms with van der Waals surface area (Å²) in [7, 11) is 0. The van der Waals surface area contributed by atoms with E-state index >= 15 is 0 Å². The molecule has 2 aliphatic rings. The lowest BCUT2D eigenvalue weighted by Crippen LogP contribution is -2.33. The van der Waals surface area contributed by atoms with E-state index in [1.54, 1.807) is 29.2 Å². The molecule has 1 aliphatic carbocycles. The smallest absolute Gasteiger partial charge is 0.338 e. The molecule has 2 fully saturated rings. The number of aromatic nitrogens is 2. The summed E-state index contributed by atoms with van der Waals surface area (Å²) in [4.78, 5) is 14.6. The molecule has 1 aromatic carbocycles. The lowest BCUT2D eigenvalue weighted by Gasteiger charge is -2.19. The van der Waals surface area contributed by atoms with Gasteiger partial charge in [-0.05, 0) is 48.9 Å². The van der Waals surface area contributed by atoms with E-state index in [-0.39, 0.29) is 24.4 Å². The Hall–Kier alpha value is -2.06. The molecule has 146 valence electrons. The number of hydrogen-bond acceptors (Lipinski definition) is 3. The summed E-state index contributed by atoms with van der Waals surface area (Å²) in [6, 6.07) is 7.59. The maximum absolute atomic E-state index is 12.8. The highest BCUT2D eigenvalue weighted by molar-refractivity contribution is 5.95. The minimum atomic E-state index is -4.50. The summed E-state index contributed by atoms with van der Waals surface area (Å²) in [5.74, 6) is 0.692. The third-order valence-electron chi connectivity index (χ3n) is 5.44. The molecule has 3 unspecified atom stereocenters. The summed E-state index contributed by atoms with van der Waals surface area (Å²) in [5, 5.41) is 3.56. The van der Waals surface area contributed by atoms with Gasteiger partial charge in [0.05, 0.1) is 5.69 Å². The molecule has 1 saturated heterocycles. The van der Waals surface area contributed by atoms with Crippen LogP contribution in [0.25, 0.3) is 5.69 Å². The van der Waals surface area contributed by atoms with Crippen molar-refractivity contribution in [1.82, 2.24) is 14.7 Å². The summed E-state index contributed by atoms with van der Waals surface area (Å²) < 4.78 is 39.3. The third kappa shape index (κ3) is 3.68. The Kier molecular flexibility index (Phi) is 5.22. The molecule has 27 heavy (non-hydrogen) atoms. The van der Waals surface area contributed by atoms with Crippen LogP contribution in [0.5, 0.6) is 0 Å². The van der Waals surface area contributed by atoms with Gasteiger partial charge >= 0.3 is 6.18 Å². The number of fused-ring (bicyclic) bond motifs is 1. The predicted octanol–water partition coefficient (Wildman–Crippen LogP) is 3.12. The van der Waals surface area contributed by atoms with Crippen LogP contribution in [0.1, 0.15) is 28.9 Å². The van der Waals surface area contributed by atoms with E-state index < -0.39 is 11.9 Å². The Labute approximate surface area is 160 Å². The van der Waals surface area contributed by atoms with Crippen molar-refractivity contribution < 1.29 is 18.0 Å². The Morgan fingerprint density at radius 3 is 2.63 bits per heavy atom. The summed E-state index contributed by atoms with van der Waals surface area (Å²) >= 11 is 0. The van der Waals surface area contributed by atoms with Gasteiger partial charge in [-0.1, -0.05) is 6.07 Å². The molecule has 0 spiro atoms. The van der Waals surface area contributed by atoms with Crippen molar-refractivity contribution in [2.75, 3.05) is 13.1 Å². The molecule has 1 aliphatic heterocycles. The van der Waals surface area contributed by atoms with Gasteiger partial charge in [-0.3, -0.25) is 4.79 Å². The average molecular weight is 401 g/mol. The van der Waals surface area contributed by atoms with Crippen LogP contribution in [-0.4, -0.2) is 39.7 Å². The van der Waals surface area contributed by atoms with Crippen molar-refractivity contribution in [2.45, 2.75) is 25.1 Å². The Morgan fingerprint density at radius 2 is 1.96 bits per heavy atom. The predicted molar refractivity (Wildman–Crippen MR) is 95.9 cm³/mol. The summed E-state index contributed by atoms with van der Waals surface area (Å²) in [6.07, 6.45) is -1.20.